The second kappa shape index (κ2) is 7.68. The minimum Gasteiger partial charge on any atom is -0.465 e. The number of fused-ring (bicyclic) bond motifs is 1. The SMILES string of the molecule is COC(=O)c1cnc2nc(C)ccc2c1Nc1ccc(Cl)cc1C.Cl. The highest BCUT2D eigenvalue weighted by Gasteiger charge is 2.17. The van der Waals surface area contributed by atoms with Crippen molar-refractivity contribution in [3.8, 4) is 0 Å². The van der Waals surface area contributed by atoms with Crippen molar-refractivity contribution in [3.05, 3.63) is 58.4 Å². The number of hydrogen-bond donors (Lipinski definition) is 1. The number of methoxy groups -OCH3 is 1. The quantitative estimate of drug-likeness (QED) is 0.660. The number of carbonyl (C=O) groups is 1. The molecule has 2 aromatic heterocycles. The van der Waals surface area contributed by atoms with E-state index in [1.165, 1.54) is 13.3 Å². The summed E-state index contributed by atoms with van der Waals surface area (Å²) in [5.41, 5.74) is 4.20. The lowest BCUT2D eigenvalue weighted by Gasteiger charge is -2.15. The molecular formula is C18H17Cl2N3O2. The van der Waals surface area contributed by atoms with Crippen LogP contribution in [0.25, 0.3) is 11.0 Å². The predicted molar refractivity (Wildman–Crippen MR) is 102 cm³/mol. The molecule has 3 rings (SSSR count). The third-order valence-corrected chi connectivity index (χ3v) is 3.96. The number of benzene rings is 1. The van der Waals surface area contributed by atoms with Crippen LogP contribution in [-0.4, -0.2) is 23.0 Å². The molecule has 25 heavy (non-hydrogen) atoms. The topological polar surface area (TPSA) is 64.1 Å². The Kier molecular flexibility index (Phi) is 5.82. The van der Waals surface area contributed by atoms with Crippen LogP contribution in [0, 0.1) is 13.8 Å². The molecule has 1 aromatic carbocycles. The molecule has 0 spiro atoms. The summed E-state index contributed by atoms with van der Waals surface area (Å²) < 4.78 is 4.88. The van der Waals surface area contributed by atoms with E-state index in [0.717, 1.165) is 22.3 Å². The second-order valence-corrected chi connectivity index (χ2v) is 5.88. The fourth-order valence-corrected chi connectivity index (χ4v) is 2.70. The van der Waals surface area contributed by atoms with Gasteiger partial charge < -0.3 is 10.1 Å². The molecule has 0 aliphatic carbocycles. The number of carbonyl (C=O) groups excluding carboxylic acids is 1. The summed E-state index contributed by atoms with van der Waals surface area (Å²) in [6.07, 6.45) is 1.48. The molecule has 0 saturated heterocycles. The summed E-state index contributed by atoms with van der Waals surface area (Å²) in [7, 11) is 1.34. The first-order chi connectivity index (χ1) is 11.5. The Morgan fingerprint density at radius 3 is 2.64 bits per heavy atom. The van der Waals surface area contributed by atoms with E-state index >= 15 is 0 Å². The number of esters is 1. The van der Waals surface area contributed by atoms with Crippen molar-refractivity contribution >= 4 is 52.4 Å². The molecule has 5 nitrogen and oxygen atoms in total. The van der Waals surface area contributed by atoms with E-state index in [4.69, 9.17) is 16.3 Å². The van der Waals surface area contributed by atoms with Gasteiger partial charge in [0.15, 0.2) is 5.65 Å². The van der Waals surface area contributed by atoms with Crippen LogP contribution in [-0.2, 0) is 4.74 Å². The maximum Gasteiger partial charge on any atom is 0.341 e. The van der Waals surface area contributed by atoms with Gasteiger partial charge in [0.05, 0.1) is 12.8 Å². The fourth-order valence-electron chi connectivity index (χ4n) is 2.47. The maximum absolute atomic E-state index is 12.1. The zero-order chi connectivity index (χ0) is 17.3. The van der Waals surface area contributed by atoms with E-state index in [-0.39, 0.29) is 12.4 Å². The van der Waals surface area contributed by atoms with E-state index in [1.54, 1.807) is 6.07 Å². The number of halogens is 2. The molecule has 7 heteroatoms. The van der Waals surface area contributed by atoms with Crippen molar-refractivity contribution in [2.24, 2.45) is 0 Å². The van der Waals surface area contributed by atoms with Crippen molar-refractivity contribution < 1.29 is 9.53 Å². The molecule has 0 atom stereocenters. The number of aromatic nitrogens is 2. The summed E-state index contributed by atoms with van der Waals surface area (Å²) in [6.45, 7) is 3.84. The van der Waals surface area contributed by atoms with Crippen molar-refractivity contribution in [1.29, 1.82) is 0 Å². The highest BCUT2D eigenvalue weighted by atomic mass is 35.5. The third kappa shape index (κ3) is 3.83. The average molecular weight is 378 g/mol. The fraction of sp³-hybridized carbons (Fsp3) is 0.167. The van der Waals surface area contributed by atoms with Crippen molar-refractivity contribution in [3.63, 3.8) is 0 Å². The number of nitrogens with zero attached hydrogens (tertiary/aromatic N) is 2. The van der Waals surface area contributed by atoms with Crippen LogP contribution in [0.5, 0.6) is 0 Å². The Bertz CT molecular complexity index is 945. The molecule has 0 radical (unpaired) electrons. The van der Waals surface area contributed by atoms with Gasteiger partial charge in [-0.3, -0.25) is 0 Å². The zero-order valence-electron chi connectivity index (χ0n) is 14.0. The van der Waals surface area contributed by atoms with Crippen LogP contribution < -0.4 is 5.32 Å². The number of nitrogens with one attached hydrogen (secondary N) is 1. The molecule has 0 aliphatic rings. The summed E-state index contributed by atoms with van der Waals surface area (Å²) >= 11 is 6.01. The minimum atomic E-state index is -0.459. The monoisotopic (exact) mass is 377 g/mol. The maximum atomic E-state index is 12.1. The standard InChI is InChI=1S/C18H16ClN3O2.ClH/c1-10-8-12(19)5-7-15(10)22-16-13-6-4-11(2)21-17(13)20-9-14(16)18(23)24-3;/h4-9H,1-3H3,(H,20,21,22);1H. The number of ether oxygens (including phenoxy) is 1. The third-order valence-electron chi connectivity index (χ3n) is 3.72. The van der Waals surface area contributed by atoms with E-state index in [1.807, 2.05) is 38.1 Å². The van der Waals surface area contributed by atoms with E-state index in [2.05, 4.69) is 15.3 Å². The molecule has 0 unspecified atom stereocenters. The van der Waals surface area contributed by atoms with Crippen molar-refractivity contribution in [1.82, 2.24) is 9.97 Å². The predicted octanol–water partition coefficient (Wildman–Crippen LogP) is 4.85. The van der Waals surface area contributed by atoms with E-state index < -0.39 is 5.97 Å². The van der Waals surface area contributed by atoms with Crippen LogP contribution in [0.2, 0.25) is 5.02 Å². The molecule has 0 fully saturated rings. The van der Waals surface area contributed by atoms with Crippen LogP contribution in [0.4, 0.5) is 11.4 Å². The highest BCUT2D eigenvalue weighted by molar-refractivity contribution is 6.30. The molecule has 2 heterocycles. The van der Waals surface area contributed by atoms with Gasteiger partial charge in [-0.25, -0.2) is 14.8 Å². The van der Waals surface area contributed by atoms with Gasteiger partial charge in [0.1, 0.15) is 5.56 Å². The molecule has 130 valence electrons. The first-order valence-electron chi connectivity index (χ1n) is 7.37. The summed E-state index contributed by atoms with van der Waals surface area (Å²) in [4.78, 5) is 20.8. The molecule has 0 saturated carbocycles. The Balaban J connectivity index is 0.00000225. The first-order valence-corrected chi connectivity index (χ1v) is 7.75. The van der Waals surface area contributed by atoms with Crippen LogP contribution in [0.3, 0.4) is 0 Å². The largest absolute Gasteiger partial charge is 0.465 e. The summed E-state index contributed by atoms with van der Waals surface area (Å²) in [6, 6.07) is 9.29. The number of hydrogen-bond acceptors (Lipinski definition) is 5. The van der Waals surface area contributed by atoms with Crippen molar-refractivity contribution in [2.75, 3.05) is 12.4 Å². The Morgan fingerprint density at radius 2 is 1.96 bits per heavy atom. The van der Waals surface area contributed by atoms with Gasteiger partial charge in [-0.1, -0.05) is 11.6 Å². The van der Waals surface area contributed by atoms with Gasteiger partial charge in [-0.2, -0.15) is 0 Å². The number of aryl methyl sites for hydroxylation is 2. The molecule has 0 aliphatic heterocycles. The first kappa shape index (κ1) is 19.0. The molecular weight excluding hydrogens is 361 g/mol. The lowest BCUT2D eigenvalue weighted by molar-refractivity contribution is 0.0601. The average Bonchev–Trinajstić information content (AvgIpc) is 2.56. The van der Waals surface area contributed by atoms with Gasteiger partial charge in [-0.15, -0.1) is 12.4 Å². The van der Waals surface area contributed by atoms with Gasteiger partial charge >= 0.3 is 5.97 Å². The lowest BCUT2D eigenvalue weighted by Crippen LogP contribution is -2.08. The normalized spacial score (nSPS) is 10.2. The highest BCUT2D eigenvalue weighted by Crippen LogP contribution is 2.31. The zero-order valence-corrected chi connectivity index (χ0v) is 15.5. The van der Waals surface area contributed by atoms with Gasteiger partial charge in [0.2, 0.25) is 0 Å². The van der Waals surface area contributed by atoms with E-state index in [0.29, 0.717) is 21.9 Å². The van der Waals surface area contributed by atoms with Crippen molar-refractivity contribution in [2.45, 2.75) is 13.8 Å². The van der Waals surface area contributed by atoms with Crippen LogP contribution in [0.1, 0.15) is 21.6 Å². The lowest BCUT2D eigenvalue weighted by atomic mass is 10.1. The van der Waals surface area contributed by atoms with E-state index in [9.17, 15) is 4.79 Å². The molecule has 0 amide bonds. The molecule has 0 bridgehead atoms. The Labute approximate surface area is 156 Å². The second-order valence-electron chi connectivity index (χ2n) is 5.45. The minimum absolute atomic E-state index is 0. The number of anilines is 2. The summed E-state index contributed by atoms with van der Waals surface area (Å²) in [5.74, 6) is -0.459. The van der Waals surface area contributed by atoms with Gasteiger partial charge in [0.25, 0.3) is 0 Å². The van der Waals surface area contributed by atoms with Gasteiger partial charge in [-0.05, 0) is 49.7 Å². The number of pyridine rings is 2. The smallest absolute Gasteiger partial charge is 0.341 e. The summed E-state index contributed by atoms with van der Waals surface area (Å²) in [5, 5.41) is 4.71. The van der Waals surface area contributed by atoms with Crippen LogP contribution >= 0.6 is 24.0 Å². The van der Waals surface area contributed by atoms with Gasteiger partial charge in [0, 0.05) is 28.0 Å². The Hall–Kier alpha value is -2.37. The Morgan fingerprint density at radius 1 is 1.20 bits per heavy atom. The molecule has 1 N–H and O–H groups in total. The van der Waals surface area contributed by atoms with Crippen LogP contribution in [0.15, 0.2) is 36.5 Å². The molecule has 3 aromatic rings. The number of rotatable bonds is 3.